The molecular weight excluding hydrogens is 372 g/mol. The minimum absolute atomic E-state index is 0.573. The third-order valence-electron chi connectivity index (χ3n) is 4.96. The highest BCUT2D eigenvalue weighted by atomic mass is 16.5. The molecule has 2 aromatic heterocycles. The summed E-state index contributed by atoms with van der Waals surface area (Å²) in [5.41, 5.74) is 3.78. The van der Waals surface area contributed by atoms with Crippen LogP contribution in [0, 0.1) is 11.3 Å². The summed E-state index contributed by atoms with van der Waals surface area (Å²) >= 11 is 0. The van der Waals surface area contributed by atoms with Crippen molar-refractivity contribution < 1.29 is 4.74 Å². The van der Waals surface area contributed by atoms with Gasteiger partial charge in [0.2, 0.25) is 0 Å². The molecule has 5 aromatic rings. The van der Waals surface area contributed by atoms with Gasteiger partial charge in [0.25, 0.3) is 0 Å². The van der Waals surface area contributed by atoms with Crippen LogP contribution < -0.4 is 10.1 Å². The van der Waals surface area contributed by atoms with Crippen molar-refractivity contribution in [3.63, 3.8) is 0 Å². The number of benzene rings is 3. The predicted octanol–water partition coefficient (Wildman–Crippen LogP) is 5.99. The van der Waals surface area contributed by atoms with Crippen LogP contribution in [-0.2, 0) is 6.54 Å². The second kappa shape index (κ2) is 7.61. The Morgan fingerprint density at radius 2 is 1.70 bits per heavy atom. The average Bonchev–Trinajstić information content (AvgIpc) is 3.16. The van der Waals surface area contributed by atoms with Gasteiger partial charge in [0.1, 0.15) is 17.3 Å². The molecule has 5 heteroatoms. The first-order valence-corrected chi connectivity index (χ1v) is 9.66. The van der Waals surface area contributed by atoms with Crippen LogP contribution in [0.3, 0.4) is 0 Å². The largest absolute Gasteiger partial charge is 0.457 e. The smallest absolute Gasteiger partial charge is 0.128 e. The number of nitrogens with zero attached hydrogens (tertiary/aromatic N) is 2. The molecule has 5 nitrogen and oxygen atoms in total. The number of aromatic nitrogens is 2. The van der Waals surface area contributed by atoms with Crippen LogP contribution in [-0.4, -0.2) is 9.97 Å². The fourth-order valence-corrected chi connectivity index (χ4v) is 3.52. The highest BCUT2D eigenvalue weighted by Gasteiger charge is 2.06. The molecule has 2 heterocycles. The molecule has 0 amide bonds. The van der Waals surface area contributed by atoms with Crippen LogP contribution in [0.5, 0.6) is 11.5 Å². The third kappa shape index (κ3) is 3.54. The van der Waals surface area contributed by atoms with Crippen molar-refractivity contribution >= 4 is 27.6 Å². The van der Waals surface area contributed by atoms with Gasteiger partial charge in [-0.3, -0.25) is 0 Å². The van der Waals surface area contributed by atoms with E-state index >= 15 is 0 Å². The topological polar surface area (TPSA) is 73.7 Å². The SMILES string of the molecule is N#Cc1cccc(Oc2cccc(CNc3cc4c(cn3)[nH]c3ccccc34)c2)c1. The Balaban J connectivity index is 1.33. The third-order valence-corrected chi connectivity index (χ3v) is 4.96. The quantitative estimate of drug-likeness (QED) is 0.386. The van der Waals surface area contributed by atoms with E-state index in [0.717, 1.165) is 33.6 Å². The van der Waals surface area contributed by atoms with Crippen molar-refractivity contribution in [3.8, 4) is 17.6 Å². The lowest BCUT2D eigenvalue weighted by atomic mass is 10.2. The Bertz CT molecular complexity index is 1400. The van der Waals surface area contributed by atoms with Crippen molar-refractivity contribution in [1.82, 2.24) is 9.97 Å². The first kappa shape index (κ1) is 17.8. The molecule has 0 unspecified atom stereocenters. The molecule has 30 heavy (non-hydrogen) atoms. The van der Waals surface area contributed by atoms with Crippen molar-refractivity contribution in [2.75, 3.05) is 5.32 Å². The second-order valence-corrected chi connectivity index (χ2v) is 7.03. The van der Waals surface area contributed by atoms with Gasteiger partial charge < -0.3 is 15.0 Å². The lowest BCUT2D eigenvalue weighted by Gasteiger charge is -2.09. The maximum absolute atomic E-state index is 9.04. The molecule has 144 valence electrons. The number of nitrogens with one attached hydrogen (secondary N) is 2. The van der Waals surface area contributed by atoms with E-state index in [1.807, 2.05) is 54.7 Å². The normalized spacial score (nSPS) is 10.8. The van der Waals surface area contributed by atoms with Crippen molar-refractivity contribution in [3.05, 3.63) is 96.2 Å². The number of anilines is 1. The first-order chi connectivity index (χ1) is 14.8. The van der Waals surface area contributed by atoms with Gasteiger partial charge >= 0.3 is 0 Å². The Morgan fingerprint density at radius 3 is 2.60 bits per heavy atom. The number of pyridine rings is 1. The van der Waals surface area contributed by atoms with Gasteiger partial charge in [-0.1, -0.05) is 36.4 Å². The minimum atomic E-state index is 0.573. The molecule has 0 spiro atoms. The van der Waals surface area contributed by atoms with Crippen LogP contribution in [0.1, 0.15) is 11.1 Å². The Hall–Kier alpha value is -4.30. The summed E-state index contributed by atoms with van der Waals surface area (Å²) < 4.78 is 5.91. The highest BCUT2D eigenvalue weighted by Crippen LogP contribution is 2.27. The van der Waals surface area contributed by atoms with Crippen LogP contribution in [0.15, 0.2) is 85.1 Å². The van der Waals surface area contributed by atoms with Crippen molar-refractivity contribution in [2.45, 2.75) is 6.54 Å². The molecular formula is C25H18N4O. The zero-order chi connectivity index (χ0) is 20.3. The van der Waals surface area contributed by atoms with Gasteiger partial charge in [0, 0.05) is 22.8 Å². The Labute approximate surface area is 173 Å². The summed E-state index contributed by atoms with van der Waals surface area (Å²) in [7, 11) is 0. The van der Waals surface area contributed by atoms with E-state index in [1.165, 1.54) is 5.39 Å². The summed E-state index contributed by atoms with van der Waals surface area (Å²) in [6.07, 6.45) is 1.86. The molecule has 0 bridgehead atoms. The molecule has 0 aliphatic rings. The first-order valence-electron chi connectivity index (χ1n) is 9.66. The number of fused-ring (bicyclic) bond motifs is 3. The Morgan fingerprint density at radius 1 is 0.867 bits per heavy atom. The molecule has 0 fully saturated rings. The molecule has 2 N–H and O–H groups in total. The number of hydrogen-bond acceptors (Lipinski definition) is 4. The minimum Gasteiger partial charge on any atom is -0.457 e. The van der Waals surface area contributed by atoms with Crippen LogP contribution >= 0.6 is 0 Å². The number of H-pyrrole nitrogens is 1. The van der Waals surface area contributed by atoms with Crippen LogP contribution in [0.4, 0.5) is 5.82 Å². The molecule has 0 saturated carbocycles. The van der Waals surface area contributed by atoms with Crippen LogP contribution in [0.25, 0.3) is 21.8 Å². The average molecular weight is 390 g/mol. The molecule has 5 rings (SSSR count). The number of aromatic amines is 1. The highest BCUT2D eigenvalue weighted by molar-refractivity contribution is 6.07. The summed E-state index contributed by atoms with van der Waals surface area (Å²) in [4.78, 5) is 7.91. The van der Waals surface area contributed by atoms with Gasteiger partial charge in [-0.25, -0.2) is 4.98 Å². The molecule has 3 aromatic carbocycles. The van der Waals surface area contributed by atoms with E-state index < -0.39 is 0 Å². The van der Waals surface area contributed by atoms with Gasteiger partial charge in [-0.2, -0.15) is 5.26 Å². The van der Waals surface area contributed by atoms with Gasteiger partial charge in [-0.15, -0.1) is 0 Å². The molecule has 0 radical (unpaired) electrons. The number of ether oxygens (including phenoxy) is 1. The van der Waals surface area contributed by atoms with Gasteiger partial charge in [0.15, 0.2) is 0 Å². The van der Waals surface area contributed by atoms with Gasteiger partial charge in [-0.05, 0) is 48.0 Å². The number of rotatable bonds is 5. The van der Waals surface area contributed by atoms with E-state index in [-0.39, 0.29) is 0 Å². The van der Waals surface area contributed by atoms with E-state index in [9.17, 15) is 0 Å². The Kier molecular flexibility index (Phi) is 4.51. The summed E-state index contributed by atoms with van der Waals surface area (Å²) in [6.45, 7) is 0.621. The maximum atomic E-state index is 9.04. The van der Waals surface area contributed by atoms with E-state index in [2.05, 4.69) is 39.6 Å². The number of hydrogen-bond donors (Lipinski definition) is 2. The molecule has 0 saturated heterocycles. The van der Waals surface area contributed by atoms with Crippen LogP contribution in [0.2, 0.25) is 0 Å². The molecule has 0 atom stereocenters. The number of para-hydroxylation sites is 1. The lowest BCUT2D eigenvalue weighted by molar-refractivity contribution is 0.482. The number of nitriles is 1. The second-order valence-electron chi connectivity index (χ2n) is 7.03. The summed E-state index contributed by atoms with van der Waals surface area (Å²) in [6, 6.07) is 27.5. The van der Waals surface area contributed by atoms with Gasteiger partial charge in [0.05, 0.1) is 23.3 Å². The standard InChI is InChI=1S/C25H18N4O/c26-14-17-5-3-7-19(11-17)30-20-8-4-6-18(12-20)15-27-25-13-22-21-9-1-2-10-23(21)29-24(22)16-28-25/h1-13,16,29H,15H2,(H,27,28). The monoisotopic (exact) mass is 390 g/mol. The summed E-state index contributed by atoms with van der Waals surface area (Å²) in [5.74, 6) is 2.19. The van der Waals surface area contributed by atoms with Crippen molar-refractivity contribution in [1.29, 1.82) is 5.26 Å². The zero-order valence-electron chi connectivity index (χ0n) is 16.1. The summed E-state index contributed by atoms with van der Waals surface area (Å²) in [5, 5.41) is 14.8. The van der Waals surface area contributed by atoms with E-state index in [0.29, 0.717) is 17.9 Å². The predicted molar refractivity (Wildman–Crippen MR) is 119 cm³/mol. The zero-order valence-corrected chi connectivity index (χ0v) is 16.1. The lowest BCUT2D eigenvalue weighted by Crippen LogP contribution is -2.01. The fraction of sp³-hybridized carbons (Fsp3) is 0.0400. The molecule has 0 aliphatic carbocycles. The van der Waals surface area contributed by atoms with Crippen molar-refractivity contribution in [2.24, 2.45) is 0 Å². The molecule has 0 aliphatic heterocycles. The fourth-order valence-electron chi connectivity index (χ4n) is 3.52. The van der Waals surface area contributed by atoms with E-state index in [4.69, 9.17) is 10.00 Å². The maximum Gasteiger partial charge on any atom is 0.128 e. The van der Waals surface area contributed by atoms with E-state index in [1.54, 1.807) is 12.1 Å².